The number of unbranched alkanes of at least 4 members (excludes halogenated alkanes) is 1. The second-order valence-electron chi connectivity index (χ2n) is 6.11. The molecule has 0 atom stereocenters. The first-order valence-corrected chi connectivity index (χ1v) is 10.6. The molecule has 2 aromatic carbocycles. The van der Waals surface area contributed by atoms with Crippen LogP contribution in [0.5, 0.6) is 11.5 Å². The summed E-state index contributed by atoms with van der Waals surface area (Å²) >= 11 is 12.7. The summed E-state index contributed by atoms with van der Waals surface area (Å²) in [6, 6.07) is 10.5. The zero-order valence-corrected chi connectivity index (χ0v) is 18.3. The monoisotopic (exact) mass is 449 g/mol. The molecular formula is C20H20ClN3O3S2. The molecule has 9 heteroatoms. The number of nitrogens with zero attached hydrogens (tertiary/aromatic N) is 1. The standard InChI is InChI=1S/C20H20ClN3O3S2/c1-3-4-9-27-13-7-5-12(6-8-13)18(25)23-19(28)24-20-22-15-10-14(21)16(26-2)11-17(15)29-20/h5-8,10-11H,3-4,9H2,1-2H3,(H2,22,23,24,25,28). The first-order chi connectivity index (χ1) is 14.0. The molecule has 0 aliphatic carbocycles. The van der Waals surface area contributed by atoms with Crippen LogP contribution in [0.1, 0.15) is 30.1 Å². The average Bonchev–Trinajstić information content (AvgIpc) is 3.08. The van der Waals surface area contributed by atoms with Gasteiger partial charge in [0, 0.05) is 11.6 Å². The number of rotatable bonds is 7. The normalized spacial score (nSPS) is 10.6. The Hall–Kier alpha value is -2.42. The molecule has 1 amide bonds. The van der Waals surface area contributed by atoms with Gasteiger partial charge in [0.25, 0.3) is 5.91 Å². The summed E-state index contributed by atoms with van der Waals surface area (Å²) in [5.74, 6) is 1.00. The summed E-state index contributed by atoms with van der Waals surface area (Å²) in [6.45, 7) is 2.77. The minimum absolute atomic E-state index is 0.162. The number of methoxy groups -OCH3 is 1. The van der Waals surface area contributed by atoms with Crippen molar-refractivity contribution in [3.8, 4) is 11.5 Å². The number of carbonyl (C=O) groups is 1. The maximum atomic E-state index is 12.4. The highest BCUT2D eigenvalue weighted by molar-refractivity contribution is 7.80. The van der Waals surface area contributed by atoms with Crippen molar-refractivity contribution in [2.24, 2.45) is 0 Å². The van der Waals surface area contributed by atoms with Crippen LogP contribution in [0.2, 0.25) is 5.02 Å². The third-order valence-electron chi connectivity index (χ3n) is 3.99. The predicted octanol–water partition coefficient (Wildman–Crippen LogP) is 5.26. The van der Waals surface area contributed by atoms with Gasteiger partial charge >= 0.3 is 0 Å². The van der Waals surface area contributed by atoms with Gasteiger partial charge in [-0.3, -0.25) is 10.1 Å². The minimum atomic E-state index is -0.312. The van der Waals surface area contributed by atoms with Crippen LogP contribution in [0.25, 0.3) is 10.2 Å². The molecule has 1 aromatic heterocycles. The van der Waals surface area contributed by atoms with E-state index in [9.17, 15) is 4.79 Å². The van der Waals surface area contributed by atoms with E-state index in [2.05, 4.69) is 22.5 Å². The maximum Gasteiger partial charge on any atom is 0.257 e. The molecule has 3 aromatic rings. The zero-order chi connectivity index (χ0) is 20.8. The van der Waals surface area contributed by atoms with Crippen molar-refractivity contribution in [3.05, 3.63) is 47.0 Å². The Balaban J connectivity index is 1.60. The van der Waals surface area contributed by atoms with Gasteiger partial charge in [0.05, 0.1) is 29.0 Å². The number of carbonyl (C=O) groups excluding carboxylic acids is 1. The molecule has 0 radical (unpaired) electrons. The topological polar surface area (TPSA) is 72.5 Å². The largest absolute Gasteiger partial charge is 0.495 e. The molecule has 0 bridgehead atoms. The summed E-state index contributed by atoms with van der Waals surface area (Å²) in [4.78, 5) is 16.8. The van der Waals surface area contributed by atoms with Crippen molar-refractivity contribution in [1.29, 1.82) is 0 Å². The number of hydrogen-bond acceptors (Lipinski definition) is 6. The lowest BCUT2D eigenvalue weighted by atomic mass is 10.2. The molecule has 0 unspecified atom stereocenters. The van der Waals surface area contributed by atoms with E-state index in [1.165, 1.54) is 11.3 Å². The Kier molecular flexibility index (Phi) is 7.24. The predicted molar refractivity (Wildman–Crippen MR) is 122 cm³/mol. The van der Waals surface area contributed by atoms with Crippen LogP contribution in [-0.2, 0) is 0 Å². The molecule has 0 saturated heterocycles. The van der Waals surface area contributed by atoms with Gasteiger partial charge in [-0.2, -0.15) is 0 Å². The van der Waals surface area contributed by atoms with Crippen molar-refractivity contribution in [2.45, 2.75) is 19.8 Å². The SMILES string of the molecule is CCCCOc1ccc(C(=O)NC(=S)Nc2nc3cc(Cl)c(OC)cc3s2)cc1. The van der Waals surface area contributed by atoms with Gasteiger partial charge in [-0.15, -0.1) is 0 Å². The highest BCUT2D eigenvalue weighted by Crippen LogP contribution is 2.34. The first-order valence-electron chi connectivity index (χ1n) is 8.99. The summed E-state index contributed by atoms with van der Waals surface area (Å²) < 4.78 is 11.7. The highest BCUT2D eigenvalue weighted by Gasteiger charge is 2.12. The Morgan fingerprint density at radius 1 is 1.28 bits per heavy atom. The Morgan fingerprint density at radius 3 is 2.72 bits per heavy atom. The van der Waals surface area contributed by atoms with Gasteiger partial charge in [-0.05, 0) is 49.0 Å². The van der Waals surface area contributed by atoms with Crippen LogP contribution in [0, 0.1) is 0 Å². The van der Waals surface area contributed by atoms with Gasteiger partial charge < -0.3 is 14.8 Å². The average molecular weight is 450 g/mol. The summed E-state index contributed by atoms with van der Waals surface area (Å²) in [6.07, 6.45) is 2.06. The summed E-state index contributed by atoms with van der Waals surface area (Å²) in [7, 11) is 1.56. The molecule has 0 spiro atoms. The lowest BCUT2D eigenvalue weighted by Crippen LogP contribution is -2.34. The highest BCUT2D eigenvalue weighted by atomic mass is 35.5. The van der Waals surface area contributed by atoms with E-state index < -0.39 is 0 Å². The Labute approximate surface area is 183 Å². The molecule has 0 fully saturated rings. The number of anilines is 1. The molecule has 0 aliphatic rings. The molecule has 0 aliphatic heterocycles. The van der Waals surface area contributed by atoms with Crippen molar-refractivity contribution >= 4 is 61.5 Å². The van der Waals surface area contributed by atoms with Crippen LogP contribution in [0.3, 0.4) is 0 Å². The zero-order valence-electron chi connectivity index (χ0n) is 16.0. The molecule has 3 rings (SSSR count). The second kappa shape index (κ2) is 9.87. The number of hydrogen-bond donors (Lipinski definition) is 2. The van der Waals surface area contributed by atoms with Crippen LogP contribution in [-0.4, -0.2) is 29.7 Å². The molecular weight excluding hydrogens is 430 g/mol. The molecule has 6 nitrogen and oxygen atoms in total. The quantitative estimate of drug-likeness (QED) is 0.378. The van der Waals surface area contributed by atoms with Gasteiger partial charge in [0.15, 0.2) is 10.2 Å². The number of amides is 1. The molecule has 2 N–H and O–H groups in total. The number of ether oxygens (including phenoxy) is 2. The van der Waals surface area contributed by atoms with Crippen molar-refractivity contribution in [2.75, 3.05) is 19.0 Å². The van der Waals surface area contributed by atoms with E-state index in [0.29, 0.717) is 28.1 Å². The van der Waals surface area contributed by atoms with Crippen molar-refractivity contribution in [3.63, 3.8) is 0 Å². The Bertz CT molecular complexity index is 1020. The van der Waals surface area contributed by atoms with Crippen LogP contribution < -0.4 is 20.1 Å². The van der Waals surface area contributed by atoms with E-state index in [4.69, 9.17) is 33.3 Å². The third kappa shape index (κ3) is 5.56. The number of nitrogens with one attached hydrogen (secondary N) is 2. The molecule has 29 heavy (non-hydrogen) atoms. The van der Waals surface area contributed by atoms with Crippen molar-refractivity contribution < 1.29 is 14.3 Å². The fourth-order valence-electron chi connectivity index (χ4n) is 2.48. The number of halogens is 1. The number of thiocarbonyl (C=S) groups is 1. The minimum Gasteiger partial charge on any atom is -0.495 e. The second-order valence-corrected chi connectivity index (χ2v) is 7.95. The van der Waals surface area contributed by atoms with E-state index >= 15 is 0 Å². The smallest absolute Gasteiger partial charge is 0.257 e. The first kappa shape index (κ1) is 21.3. The van der Waals surface area contributed by atoms with Gasteiger partial charge in [-0.1, -0.05) is 36.3 Å². The van der Waals surface area contributed by atoms with Crippen LogP contribution in [0.15, 0.2) is 36.4 Å². The van der Waals surface area contributed by atoms with E-state index in [1.54, 1.807) is 37.4 Å². The van der Waals surface area contributed by atoms with E-state index in [1.807, 2.05) is 6.07 Å². The summed E-state index contributed by atoms with van der Waals surface area (Å²) in [5, 5.41) is 6.78. The van der Waals surface area contributed by atoms with Gasteiger partial charge in [0.2, 0.25) is 0 Å². The maximum absolute atomic E-state index is 12.4. The Morgan fingerprint density at radius 2 is 2.03 bits per heavy atom. The van der Waals surface area contributed by atoms with E-state index in [-0.39, 0.29) is 11.0 Å². The number of fused-ring (bicyclic) bond motifs is 1. The van der Waals surface area contributed by atoms with E-state index in [0.717, 1.165) is 28.8 Å². The third-order valence-corrected chi connectivity index (χ3v) is 5.43. The van der Waals surface area contributed by atoms with Crippen LogP contribution >= 0.6 is 35.2 Å². The number of benzene rings is 2. The molecule has 152 valence electrons. The molecule has 0 saturated carbocycles. The lowest BCUT2D eigenvalue weighted by molar-refractivity contribution is 0.0977. The van der Waals surface area contributed by atoms with Crippen molar-refractivity contribution in [1.82, 2.24) is 10.3 Å². The fraction of sp³-hybridized carbons (Fsp3) is 0.250. The molecule has 1 heterocycles. The number of aromatic nitrogens is 1. The fourth-order valence-corrected chi connectivity index (χ4v) is 3.85. The van der Waals surface area contributed by atoms with Crippen LogP contribution in [0.4, 0.5) is 5.13 Å². The lowest BCUT2D eigenvalue weighted by Gasteiger charge is -2.08. The van der Waals surface area contributed by atoms with Gasteiger partial charge in [-0.25, -0.2) is 4.98 Å². The number of thiazole rings is 1. The van der Waals surface area contributed by atoms with Gasteiger partial charge in [0.1, 0.15) is 11.5 Å². The summed E-state index contributed by atoms with van der Waals surface area (Å²) in [5.41, 5.74) is 1.20.